The molecule has 0 radical (unpaired) electrons. The van der Waals surface area contributed by atoms with Crippen molar-refractivity contribution in [3.8, 4) is 0 Å². The fourth-order valence-corrected chi connectivity index (χ4v) is 4.86. The van der Waals surface area contributed by atoms with Crippen LogP contribution in [0.1, 0.15) is 67.4 Å². The molecule has 6 heteroatoms. The number of carboxylic acids is 1. The number of likely N-dealkylation sites (tertiary alicyclic amines) is 1. The lowest BCUT2D eigenvalue weighted by molar-refractivity contribution is -0.136. The van der Waals surface area contributed by atoms with E-state index in [0.29, 0.717) is 24.6 Å². The van der Waals surface area contributed by atoms with Crippen molar-refractivity contribution in [1.29, 1.82) is 0 Å². The van der Waals surface area contributed by atoms with Crippen LogP contribution in [0.2, 0.25) is 0 Å². The van der Waals surface area contributed by atoms with Gasteiger partial charge in [-0.15, -0.1) is 0 Å². The fraction of sp³-hybridized carbons (Fsp3) is 0.536. The van der Waals surface area contributed by atoms with Crippen molar-refractivity contribution in [2.24, 2.45) is 0 Å². The van der Waals surface area contributed by atoms with Crippen LogP contribution in [0.3, 0.4) is 0 Å². The predicted molar refractivity (Wildman–Crippen MR) is 131 cm³/mol. The zero-order valence-electron chi connectivity index (χ0n) is 20.4. The molecule has 0 aliphatic carbocycles. The second kappa shape index (κ2) is 13.0. The van der Waals surface area contributed by atoms with E-state index in [0.717, 1.165) is 55.3 Å². The number of ether oxygens (including phenoxy) is 1. The summed E-state index contributed by atoms with van der Waals surface area (Å²) in [5.41, 5.74) is 3.65. The van der Waals surface area contributed by atoms with E-state index in [1.54, 1.807) is 13.0 Å². The van der Waals surface area contributed by atoms with Crippen LogP contribution in [0.25, 0.3) is 0 Å². The van der Waals surface area contributed by atoms with E-state index in [4.69, 9.17) is 9.84 Å². The Balaban J connectivity index is 1.57. The third-order valence-corrected chi connectivity index (χ3v) is 6.70. The largest absolute Gasteiger partial charge is 0.481 e. The molecule has 1 heterocycles. The molecule has 2 N–H and O–H groups in total. The molecule has 1 aliphatic rings. The lowest BCUT2D eigenvalue weighted by Gasteiger charge is -2.28. The molecule has 0 unspecified atom stereocenters. The summed E-state index contributed by atoms with van der Waals surface area (Å²) in [6.45, 7) is 5.54. The number of β-amino-alcohol motifs (C(OH)–C–C–N with tert-alkyl or cyclic N) is 1. The van der Waals surface area contributed by atoms with Gasteiger partial charge < -0.3 is 14.9 Å². The topological polar surface area (TPSA) is 70.0 Å². The standard InChI is InChI=1S/C28H38FNO4/c1-3-7-27(25-10-5-4-8-22(25)13-14-28(32)33)34-19-24(31)18-30-15-6-9-23(30)16-21-12-11-20(2)26(29)17-21/h4-5,8,10-12,17,23-24,27,31H,3,6-7,9,13-16,18-19H2,1-2H3,(H,32,33)/t23-,24+,27+/m0/s1. The number of nitrogens with zero attached hydrogens (tertiary/aromatic N) is 1. The van der Waals surface area contributed by atoms with E-state index in [2.05, 4.69) is 11.8 Å². The molecule has 0 spiro atoms. The summed E-state index contributed by atoms with van der Waals surface area (Å²) in [6, 6.07) is 13.6. The number of hydrogen-bond acceptors (Lipinski definition) is 4. The fourth-order valence-electron chi connectivity index (χ4n) is 4.86. The first kappa shape index (κ1) is 26.3. The molecule has 0 saturated carbocycles. The number of hydrogen-bond donors (Lipinski definition) is 2. The van der Waals surface area contributed by atoms with Crippen LogP contribution in [0.4, 0.5) is 4.39 Å². The van der Waals surface area contributed by atoms with Crippen LogP contribution in [0.5, 0.6) is 0 Å². The van der Waals surface area contributed by atoms with Gasteiger partial charge >= 0.3 is 5.97 Å². The highest BCUT2D eigenvalue weighted by atomic mass is 19.1. The molecule has 1 fully saturated rings. The monoisotopic (exact) mass is 471 g/mol. The Kier molecular flexibility index (Phi) is 10.1. The van der Waals surface area contributed by atoms with Crippen molar-refractivity contribution in [2.45, 2.75) is 77.0 Å². The highest BCUT2D eigenvalue weighted by molar-refractivity contribution is 5.67. The van der Waals surface area contributed by atoms with Gasteiger partial charge in [0.05, 0.1) is 18.8 Å². The second-order valence-electron chi connectivity index (χ2n) is 9.44. The van der Waals surface area contributed by atoms with Gasteiger partial charge in [-0.1, -0.05) is 49.7 Å². The van der Waals surface area contributed by atoms with E-state index in [1.807, 2.05) is 36.4 Å². The first-order valence-electron chi connectivity index (χ1n) is 12.5. The zero-order chi connectivity index (χ0) is 24.5. The van der Waals surface area contributed by atoms with Crippen molar-refractivity contribution in [2.75, 3.05) is 19.7 Å². The summed E-state index contributed by atoms with van der Waals surface area (Å²) in [4.78, 5) is 13.3. The van der Waals surface area contributed by atoms with E-state index >= 15 is 0 Å². The highest BCUT2D eigenvalue weighted by Gasteiger charge is 2.27. The molecule has 1 aliphatic heterocycles. The van der Waals surface area contributed by atoms with Crippen molar-refractivity contribution >= 4 is 5.97 Å². The van der Waals surface area contributed by atoms with Crippen molar-refractivity contribution in [1.82, 2.24) is 4.90 Å². The van der Waals surface area contributed by atoms with Crippen molar-refractivity contribution in [3.05, 3.63) is 70.5 Å². The Hall–Kier alpha value is -2.28. The van der Waals surface area contributed by atoms with Gasteiger partial charge in [0, 0.05) is 19.0 Å². The molecule has 5 nitrogen and oxygen atoms in total. The predicted octanol–water partition coefficient (Wildman–Crippen LogP) is 5.08. The third-order valence-electron chi connectivity index (χ3n) is 6.70. The van der Waals surface area contributed by atoms with Crippen molar-refractivity contribution < 1.29 is 24.1 Å². The number of rotatable bonds is 13. The van der Waals surface area contributed by atoms with Gasteiger partial charge in [0.1, 0.15) is 5.82 Å². The van der Waals surface area contributed by atoms with Crippen LogP contribution in [0, 0.1) is 12.7 Å². The minimum absolute atomic E-state index is 0.0830. The molecule has 3 atom stereocenters. The van der Waals surface area contributed by atoms with Crippen LogP contribution in [0.15, 0.2) is 42.5 Å². The smallest absolute Gasteiger partial charge is 0.303 e. The van der Waals surface area contributed by atoms with Gasteiger partial charge in [0.2, 0.25) is 0 Å². The summed E-state index contributed by atoms with van der Waals surface area (Å²) >= 11 is 0. The maximum Gasteiger partial charge on any atom is 0.303 e. The SMILES string of the molecule is CCC[C@@H](OC[C@H](O)CN1CCC[C@H]1Cc1ccc(C)c(F)c1)c1ccccc1CCC(=O)O. The summed E-state index contributed by atoms with van der Waals surface area (Å²) in [5, 5.41) is 19.9. The van der Waals surface area contributed by atoms with Crippen LogP contribution < -0.4 is 0 Å². The normalized spacial score (nSPS) is 18.2. The first-order chi connectivity index (χ1) is 16.4. The Morgan fingerprint density at radius 2 is 2.06 bits per heavy atom. The van der Waals surface area contributed by atoms with E-state index < -0.39 is 12.1 Å². The van der Waals surface area contributed by atoms with Gasteiger partial charge in [0.15, 0.2) is 0 Å². The van der Waals surface area contributed by atoms with Crippen LogP contribution in [-0.2, 0) is 22.4 Å². The molecule has 0 amide bonds. The average Bonchev–Trinajstić information content (AvgIpc) is 3.24. The quantitative estimate of drug-likeness (QED) is 0.427. The minimum atomic E-state index is -0.813. The summed E-state index contributed by atoms with van der Waals surface area (Å²) in [5.74, 6) is -0.979. The number of aryl methyl sites for hydroxylation is 2. The molecule has 34 heavy (non-hydrogen) atoms. The lowest BCUT2D eigenvalue weighted by atomic mass is 9.96. The second-order valence-corrected chi connectivity index (χ2v) is 9.44. The number of aliphatic carboxylic acids is 1. The van der Waals surface area contributed by atoms with Gasteiger partial charge in [-0.3, -0.25) is 9.69 Å². The lowest BCUT2D eigenvalue weighted by Crippen LogP contribution is -2.39. The Labute approximate surface area is 202 Å². The number of aliphatic hydroxyl groups excluding tert-OH is 1. The molecule has 0 bridgehead atoms. The number of aliphatic hydroxyl groups is 1. The summed E-state index contributed by atoms with van der Waals surface area (Å²) < 4.78 is 20.2. The molecular weight excluding hydrogens is 433 g/mol. The van der Waals surface area contributed by atoms with Gasteiger partial charge in [0.25, 0.3) is 0 Å². The minimum Gasteiger partial charge on any atom is -0.481 e. The Bertz CT molecular complexity index is 934. The van der Waals surface area contributed by atoms with E-state index in [9.17, 15) is 14.3 Å². The van der Waals surface area contributed by atoms with Gasteiger partial charge in [-0.2, -0.15) is 0 Å². The number of halogens is 1. The van der Waals surface area contributed by atoms with Crippen LogP contribution in [-0.4, -0.2) is 52.9 Å². The Morgan fingerprint density at radius 3 is 2.79 bits per heavy atom. The van der Waals surface area contributed by atoms with Gasteiger partial charge in [-0.25, -0.2) is 4.39 Å². The average molecular weight is 472 g/mol. The maximum absolute atomic E-state index is 14.0. The number of benzene rings is 2. The molecule has 2 aromatic carbocycles. The zero-order valence-corrected chi connectivity index (χ0v) is 20.4. The van der Waals surface area contributed by atoms with E-state index in [1.165, 1.54) is 0 Å². The molecule has 0 aromatic heterocycles. The molecular formula is C28H38FNO4. The summed E-state index contributed by atoms with van der Waals surface area (Å²) in [6.07, 6.45) is 4.38. The third kappa shape index (κ3) is 7.62. The molecule has 2 aromatic rings. The maximum atomic E-state index is 14.0. The molecule has 3 rings (SSSR count). The van der Waals surface area contributed by atoms with E-state index in [-0.39, 0.29) is 24.9 Å². The first-order valence-corrected chi connectivity index (χ1v) is 12.5. The molecule has 186 valence electrons. The van der Waals surface area contributed by atoms with Gasteiger partial charge in [-0.05, 0) is 73.9 Å². The Morgan fingerprint density at radius 1 is 1.26 bits per heavy atom. The number of carboxylic acid groups (broad SMARTS) is 1. The molecule has 1 saturated heterocycles. The highest BCUT2D eigenvalue weighted by Crippen LogP contribution is 2.28. The van der Waals surface area contributed by atoms with Crippen molar-refractivity contribution in [3.63, 3.8) is 0 Å². The number of carbonyl (C=O) groups is 1. The van der Waals surface area contributed by atoms with Crippen LogP contribution >= 0.6 is 0 Å². The summed E-state index contributed by atoms with van der Waals surface area (Å²) in [7, 11) is 0.